The van der Waals surface area contributed by atoms with Crippen LogP contribution in [0.1, 0.15) is 59.2 Å². The van der Waals surface area contributed by atoms with Crippen molar-refractivity contribution in [3.63, 3.8) is 0 Å². The molecule has 1 atom stereocenters. The summed E-state index contributed by atoms with van der Waals surface area (Å²) in [6.07, 6.45) is 3.99. The first-order valence-corrected chi connectivity index (χ1v) is 15.5. The summed E-state index contributed by atoms with van der Waals surface area (Å²) in [5.41, 5.74) is 2.90. The van der Waals surface area contributed by atoms with Gasteiger partial charge in [0, 0.05) is 32.0 Å². The third-order valence-electron chi connectivity index (χ3n) is 7.85. The minimum absolute atomic E-state index is 0.0491. The first-order chi connectivity index (χ1) is 19.7. The predicted molar refractivity (Wildman–Crippen MR) is 155 cm³/mol. The molecule has 0 radical (unpaired) electrons. The van der Waals surface area contributed by atoms with Gasteiger partial charge in [0.1, 0.15) is 10.9 Å². The van der Waals surface area contributed by atoms with Crippen LogP contribution in [0.2, 0.25) is 0 Å². The van der Waals surface area contributed by atoms with E-state index in [0.29, 0.717) is 6.42 Å². The van der Waals surface area contributed by atoms with E-state index in [0.717, 1.165) is 46.7 Å². The predicted octanol–water partition coefficient (Wildman–Crippen LogP) is 4.23. The molecule has 3 aromatic carbocycles. The Bertz CT molecular complexity index is 1530. The molecule has 8 nitrogen and oxygen atoms in total. The zero-order chi connectivity index (χ0) is 29.0. The van der Waals surface area contributed by atoms with Crippen LogP contribution in [-0.4, -0.2) is 54.0 Å². The van der Waals surface area contributed by atoms with Crippen molar-refractivity contribution in [1.82, 2.24) is 14.5 Å². The Hall–Kier alpha value is -3.98. The highest BCUT2D eigenvalue weighted by Crippen LogP contribution is 2.30. The number of nitrogens with one attached hydrogen (secondary N) is 1. The molecule has 0 saturated heterocycles. The van der Waals surface area contributed by atoms with Crippen LogP contribution in [-0.2, 0) is 32.6 Å². The van der Waals surface area contributed by atoms with E-state index in [1.807, 2.05) is 61.5 Å². The molecule has 1 fully saturated rings. The summed E-state index contributed by atoms with van der Waals surface area (Å²) in [4.78, 5) is 42.2. The van der Waals surface area contributed by atoms with E-state index in [-0.39, 0.29) is 41.9 Å². The number of fused-ring (bicyclic) bond motifs is 1. The van der Waals surface area contributed by atoms with Crippen molar-refractivity contribution in [3.05, 3.63) is 101 Å². The smallest absolute Gasteiger partial charge is 0.269 e. The van der Waals surface area contributed by atoms with Gasteiger partial charge in [-0.15, -0.1) is 0 Å². The lowest BCUT2D eigenvalue weighted by atomic mass is 10.0. The summed E-state index contributed by atoms with van der Waals surface area (Å²) < 4.78 is 27.0. The third kappa shape index (κ3) is 6.35. The Kier molecular flexibility index (Phi) is 8.54. The van der Waals surface area contributed by atoms with Gasteiger partial charge < -0.3 is 10.2 Å². The van der Waals surface area contributed by atoms with Crippen LogP contribution in [0.5, 0.6) is 0 Å². The Balaban J connectivity index is 1.43. The fraction of sp³-hybridized carbons (Fsp3) is 0.344. The lowest BCUT2D eigenvalue weighted by Gasteiger charge is -2.33. The van der Waals surface area contributed by atoms with E-state index >= 15 is 0 Å². The average molecular weight is 574 g/mol. The molecule has 0 bridgehead atoms. The van der Waals surface area contributed by atoms with Crippen molar-refractivity contribution in [2.24, 2.45) is 0 Å². The largest absolute Gasteiger partial charge is 0.352 e. The van der Waals surface area contributed by atoms with E-state index in [4.69, 9.17) is 0 Å². The van der Waals surface area contributed by atoms with Gasteiger partial charge in [0.05, 0.1) is 5.56 Å². The molecule has 3 aromatic rings. The number of benzene rings is 3. The Morgan fingerprint density at radius 2 is 1.63 bits per heavy atom. The standard InChI is InChI=1S/C32H35N3O5S/c1-23-10-9-13-25(20-23)22-34(28(21-24-11-3-2-4-12-24)31(37)33-26-14-5-6-15-26)30(36)18-19-35-32(38)27-16-7-8-17-29(27)41(35,39)40/h2-4,7-13,16-17,20,26,28H,5-6,14-15,18-19,21-22H2,1H3,(H,33,37)/t28-/m1/s1. The highest BCUT2D eigenvalue weighted by Gasteiger charge is 2.41. The number of carbonyl (C=O) groups excluding carboxylic acids is 3. The van der Waals surface area contributed by atoms with Crippen LogP contribution >= 0.6 is 0 Å². The second-order valence-electron chi connectivity index (χ2n) is 10.8. The fourth-order valence-corrected chi connectivity index (χ4v) is 7.29. The number of rotatable bonds is 10. The number of sulfonamides is 1. The Morgan fingerprint density at radius 1 is 0.951 bits per heavy atom. The van der Waals surface area contributed by atoms with Gasteiger partial charge in [-0.2, -0.15) is 0 Å². The molecular formula is C32H35N3O5S. The first-order valence-electron chi connectivity index (χ1n) is 14.1. The number of carbonyl (C=O) groups is 3. The van der Waals surface area contributed by atoms with Crippen LogP contribution in [0.25, 0.3) is 0 Å². The molecule has 1 heterocycles. The summed E-state index contributed by atoms with van der Waals surface area (Å²) >= 11 is 0. The zero-order valence-electron chi connectivity index (χ0n) is 23.2. The number of aryl methyl sites for hydroxylation is 1. The van der Waals surface area contributed by atoms with E-state index in [1.54, 1.807) is 17.0 Å². The van der Waals surface area contributed by atoms with Crippen molar-refractivity contribution in [2.75, 3.05) is 6.54 Å². The molecule has 3 amide bonds. The van der Waals surface area contributed by atoms with Crippen molar-refractivity contribution < 1.29 is 22.8 Å². The molecule has 41 heavy (non-hydrogen) atoms. The lowest BCUT2D eigenvalue weighted by molar-refractivity contribution is -0.141. The molecule has 1 aliphatic heterocycles. The number of hydrogen-bond acceptors (Lipinski definition) is 5. The average Bonchev–Trinajstić information content (AvgIpc) is 3.54. The second kappa shape index (κ2) is 12.3. The first kappa shape index (κ1) is 28.5. The van der Waals surface area contributed by atoms with Gasteiger partial charge in [0.15, 0.2) is 0 Å². The highest BCUT2D eigenvalue weighted by molar-refractivity contribution is 7.90. The van der Waals surface area contributed by atoms with Crippen molar-refractivity contribution in [1.29, 1.82) is 0 Å². The van der Waals surface area contributed by atoms with Crippen LogP contribution < -0.4 is 5.32 Å². The Morgan fingerprint density at radius 3 is 2.34 bits per heavy atom. The molecule has 0 spiro atoms. The van der Waals surface area contributed by atoms with Gasteiger partial charge in [-0.3, -0.25) is 14.4 Å². The van der Waals surface area contributed by atoms with Crippen molar-refractivity contribution in [3.8, 4) is 0 Å². The Labute approximate surface area is 241 Å². The zero-order valence-corrected chi connectivity index (χ0v) is 24.0. The van der Waals surface area contributed by atoms with Gasteiger partial charge in [-0.05, 0) is 43.0 Å². The summed E-state index contributed by atoms with van der Waals surface area (Å²) in [6, 6.07) is 22.6. The normalized spacial score (nSPS) is 16.8. The van der Waals surface area contributed by atoms with Gasteiger partial charge in [-0.1, -0.05) is 85.1 Å². The molecule has 0 aromatic heterocycles. The van der Waals surface area contributed by atoms with E-state index in [2.05, 4.69) is 5.32 Å². The van der Waals surface area contributed by atoms with Gasteiger partial charge in [-0.25, -0.2) is 12.7 Å². The number of amides is 3. The quantitative estimate of drug-likeness (QED) is 0.391. The SMILES string of the molecule is Cc1cccc(CN(C(=O)CCN2C(=O)c3ccccc3S2(=O)=O)[C@H](Cc2ccccc2)C(=O)NC2CCCC2)c1. The maximum atomic E-state index is 14.0. The maximum absolute atomic E-state index is 14.0. The van der Waals surface area contributed by atoms with Gasteiger partial charge in [0.2, 0.25) is 11.8 Å². The van der Waals surface area contributed by atoms with Crippen molar-refractivity contribution in [2.45, 2.75) is 69.0 Å². The van der Waals surface area contributed by atoms with Crippen LogP contribution in [0.4, 0.5) is 0 Å². The second-order valence-corrected chi connectivity index (χ2v) is 12.7. The third-order valence-corrected chi connectivity index (χ3v) is 9.69. The molecule has 214 valence electrons. The van der Waals surface area contributed by atoms with Crippen LogP contribution in [0.15, 0.2) is 83.8 Å². The maximum Gasteiger partial charge on any atom is 0.269 e. The number of nitrogens with zero attached hydrogens (tertiary/aromatic N) is 2. The molecule has 9 heteroatoms. The lowest BCUT2D eigenvalue weighted by Crippen LogP contribution is -2.52. The highest BCUT2D eigenvalue weighted by atomic mass is 32.2. The summed E-state index contributed by atoms with van der Waals surface area (Å²) in [7, 11) is -4.05. The van der Waals surface area contributed by atoms with Gasteiger partial charge in [0.25, 0.3) is 15.9 Å². The molecule has 1 aliphatic carbocycles. The molecule has 5 rings (SSSR count). The van der Waals surface area contributed by atoms with E-state index in [1.165, 1.54) is 12.1 Å². The summed E-state index contributed by atoms with van der Waals surface area (Å²) in [6.45, 7) is 1.84. The molecule has 0 unspecified atom stereocenters. The van der Waals surface area contributed by atoms with Gasteiger partial charge >= 0.3 is 0 Å². The minimum atomic E-state index is -4.05. The topological polar surface area (TPSA) is 104 Å². The molecular weight excluding hydrogens is 538 g/mol. The summed E-state index contributed by atoms with van der Waals surface area (Å²) in [5, 5.41) is 3.17. The monoisotopic (exact) mass is 573 g/mol. The van der Waals surface area contributed by atoms with Crippen LogP contribution in [0, 0.1) is 6.92 Å². The minimum Gasteiger partial charge on any atom is -0.352 e. The fourth-order valence-electron chi connectivity index (χ4n) is 5.72. The molecule has 1 N–H and O–H groups in total. The molecule has 1 saturated carbocycles. The van der Waals surface area contributed by atoms with E-state index < -0.39 is 27.9 Å². The van der Waals surface area contributed by atoms with Crippen LogP contribution in [0.3, 0.4) is 0 Å². The number of hydrogen-bond donors (Lipinski definition) is 1. The summed E-state index contributed by atoms with van der Waals surface area (Å²) in [5.74, 6) is -1.26. The molecule has 2 aliphatic rings. The van der Waals surface area contributed by atoms with E-state index in [9.17, 15) is 22.8 Å². The van der Waals surface area contributed by atoms with Crippen molar-refractivity contribution >= 4 is 27.7 Å².